The Morgan fingerprint density at radius 1 is 1.58 bits per heavy atom. The predicted molar refractivity (Wildman–Crippen MR) is 51.6 cm³/mol. The standard InChI is InChI=1S/C9H15ClN2/c1-7(4-8(2)10)9-5-11-12(3)6-9/h5-8H,4H2,1-3H3. The molecule has 0 fully saturated rings. The van der Waals surface area contributed by atoms with E-state index in [9.17, 15) is 0 Å². The van der Waals surface area contributed by atoms with Crippen LogP contribution in [-0.2, 0) is 7.05 Å². The van der Waals surface area contributed by atoms with E-state index in [-0.39, 0.29) is 5.38 Å². The van der Waals surface area contributed by atoms with Crippen molar-refractivity contribution >= 4 is 11.6 Å². The van der Waals surface area contributed by atoms with E-state index in [0.717, 1.165) is 6.42 Å². The van der Waals surface area contributed by atoms with Gasteiger partial charge in [0.2, 0.25) is 0 Å². The largest absolute Gasteiger partial charge is 0.276 e. The van der Waals surface area contributed by atoms with Gasteiger partial charge in [0.1, 0.15) is 0 Å². The van der Waals surface area contributed by atoms with Crippen molar-refractivity contribution in [1.29, 1.82) is 0 Å². The zero-order valence-electron chi connectivity index (χ0n) is 7.79. The predicted octanol–water partition coefficient (Wildman–Crippen LogP) is 2.54. The summed E-state index contributed by atoms with van der Waals surface area (Å²) in [5.74, 6) is 0.506. The minimum Gasteiger partial charge on any atom is -0.276 e. The van der Waals surface area contributed by atoms with Crippen LogP contribution in [-0.4, -0.2) is 15.2 Å². The molecule has 0 spiro atoms. The number of hydrogen-bond acceptors (Lipinski definition) is 1. The SMILES string of the molecule is CC(Cl)CC(C)c1cnn(C)c1. The van der Waals surface area contributed by atoms with Crippen LogP contribution in [0.25, 0.3) is 0 Å². The van der Waals surface area contributed by atoms with E-state index in [0.29, 0.717) is 5.92 Å². The van der Waals surface area contributed by atoms with Crippen molar-refractivity contribution in [3.05, 3.63) is 18.0 Å². The smallest absolute Gasteiger partial charge is 0.0524 e. The monoisotopic (exact) mass is 186 g/mol. The molecule has 0 aliphatic heterocycles. The summed E-state index contributed by atoms with van der Waals surface area (Å²) in [6.45, 7) is 4.20. The first-order valence-corrected chi connectivity index (χ1v) is 4.66. The van der Waals surface area contributed by atoms with Crippen molar-refractivity contribution in [3.63, 3.8) is 0 Å². The molecule has 0 aromatic carbocycles. The van der Waals surface area contributed by atoms with Crippen LogP contribution in [0.5, 0.6) is 0 Å². The molecule has 68 valence electrons. The first-order valence-electron chi connectivity index (χ1n) is 4.22. The molecule has 1 aromatic rings. The summed E-state index contributed by atoms with van der Waals surface area (Å²) in [4.78, 5) is 0. The highest BCUT2D eigenvalue weighted by molar-refractivity contribution is 6.20. The van der Waals surface area contributed by atoms with Crippen molar-refractivity contribution in [3.8, 4) is 0 Å². The zero-order valence-corrected chi connectivity index (χ0v) is 8.54. The fraction of sp³-hybridized carbons (Fsp3) is 0.667. The number of hydrogen-bond donors (Lipinski definition) is 0. The Morgan fingerprint density at radius 2 is 2.25 bits per heavy atom. The molecule has 1 heterocycles. The van der Waals surface area contributed by atoms with Gasteiger partial charge in [0, 0.05) is 18.6 Å². The zero-order chi connectivity index (χ0) is 9.14. The topological polar surface area (TPSA) is 17.8 Å². The van der Waals surface area contributed by atoms with Crippen LogP contribution in [0.3, 0.4) is 0 Å². The third-order valence-corrected chi connectivity index (χ3v) is 2.15. The first kappa shape index (κ1) is 9.59. The lowest BCUT2D eigenvalue weighted by molar-refractivity contribution is 0.669. The number of rotatable bonds is 3. The summed E-state index contributed by atoms with van der Waals surface area (Å²) in [6, 6.07) is 0. The molecule has 0 aliphatic rings. The number of aryl methyl sites for hydroxylation is 1. The van der Waals surface area contributed by atoms with Gasteiger partial charge in [-0.1, -0.05) is 6.92 Å². The van der Waals surface area contributed by atoms with Gasteiger partial charge < -0.3 is 0 Å². The van der Waals surface area contributed by atoms with Gasteiger partial charge in [0.15, 0.2) is 0 Å². The van der Waals surface area contributed by atoms with Crippen molar-refractivity contribution in [2.45, 2.75) is 31.6 Å². The molecular weight excluding hydrogens is 172 g/mol. The van der Waals surface area contributed by atoms with E-state index in [1.807, 2.05) is 31.0 Å². The average Bonchev–Trinajstić information content (AvgIpc) is 2.34. The number of nitrogens with zero attached hydrogens (tertiary/aromatic N) is 2. The molecule has 1 rings (SSSR count). The normalized spacial score (nSPS) is 16.0. The lowest BCUT2D eigenvalue weighted by Crippen LogP contribution is -1.99. The molecule has 3 heteroatoms. The summed E-state index contributed by atoms with van der Waals surface area (Å²) < 4.78 is 1.82. The summed E-state index contributed by atoms with van der Waals surface area (Å²) in [7, 11) is 1.93. The molecule has 2 nitrogen and oxygen atoms in total. The molecule has 12 heavy (non-hydrogen) atoms. The molecule has 0 saturated carbocycles. The molecular formula is C9H15ClN2. The lowest BCUT2D eigenvalue weighted by Gasteiger charge is -2.09. The molecule has 0 aliphatic carbocycles. The molecule has 0 amide bonds. The molecule has 0 saturated heterocycles. The summed E-state index contributed by atoms with van der Waals surface area (Å²) in [5, 5.41) is 4.35. The lowest BCUT2D eigenvalue weighted by atomic mass is 10.00. The van der Waals surface area contributed by atoms with Crippen LogP contribution < -0.4 is 0 Å². The Hall–Kier alpha value is -0.500. The quantitative estimate of drug-likeness (QED) is 0.664. The van der Waals surface area contributed by atoms with E-state index in [4.69, 9.17) is 11.6 Å². The van der Waals surface area contributed by atoms with E-state index < -0.39 is 0 Å². The Balaban J connectivity index is 2.58. The van der Waals surface area contributed by atoms with Crippen molar-refractivity contribution in [1.82, 2.24) is 9.78 Å². The van der Waals surface area contributed by atoms with Crippen molar-refractivity contribution in [2.75, 3.05) is 0 Å². The summed E-state index contributed by atoms with van der Waals surface area (Å²) in [6.07, 6.45) is 4.96. The van der Waals surface area contributed by atoms with E-state index in [1.165, 1.54) is 5.56 Å². The average molecular weight is 187 g/mol. The Labute approximate surface area is 78.5 Å². The van der Waals surface area contributed by atoms with Gasteiger partial charge in [0.25, 0.3) is 0 Å². The fourth-order valence-electron chi connectivity index (χ4n) is 1.32. The van der Waals surface area contributed by atoms with Crippen LogP contribution in [0.4, 0.5) is 0 Å². The first-order chi connectivity index (χ1) is 5.59. The molecule has 2 unspecified atom stereocenters. The van der Waals surface area contributed by atoms with Gasteiger partial charge in [-0.05, 0) is 24.8 Å². The van der Waals surface area contributed by atoms with Crippen LogP contribution in [0, 0.1) is 0 Å². The maximum atomic E-state index is 5.90. The van der Waals surface area contributed by atoms with E-state index in [2.05, 4.69) is 12.0 Å². The summed E-state index contributed by atoms with van der Waals surface area (Å²) >= 11 is 5.90. The second-order valence-electron chi connectivity index (χ2n) is 3.36. The minimum atomic E-state index is 0.236. The highest BCUT2D eigenvalue weighted by Gasteiger charge is 2.09. The Bertz CT molecular complexity index is 242. The van der Waals surface area contributed by atoms with E-state index in [1.54, 1.807) is 0 Å². The van der Waals surface area contributed by atoms with Gasteiger partial charge in [-0.25, -0.2) is 0 Å². The van der Waals surface area contributed by atoms with Crippen LogP contribution in [0.2, 0.25) is 0 Å². The number of halogens is 1. The maximum Gasteiger partial charge on any atom is 0.0524 e. The van der Waals surface area contributed by atoms with Crippen molar-refractivity contribution < 1.29 is 0 Å². The third-order valence-electron chi connectivity index (χ3n) is 1.97. The van der Waals surface area contributed by atoms with Gasteiger partial charge in [0.05, 0.1) is 6.20 Å². The van der Waals surface area contributed by atoms with Crippen molar-refractivity contribution in [2.24, 2.45) is 7.05 Å². The number of aromatic nitrogens is 2. The highest BCUT2D eigenvalue weighted by Crippen LogP contribution is 2.21. The second-order valence-corrected chi connectivity index (χ2v) is 4.11. The third kappa shape index (κ3) is 2.52. The highest BCUT2D eigenvalue weighted by atomic mass is 35.5. The molecule has 2 atom stereocenters. The fourth-order valence-corrected chi connectivity index (χ4v) is 1.59. The molecule has 0 N–H and O–H groups in total. The molecule has 1 aromatic heterocycles. The van der Waals surface area contributed by atoms with Gasteiger partial charge in [-0.3, -0.25) is 4.68 Å². The Kier molecular flexibility index (Phi) is 3.15. The minimum absolute atomic E-state index is 0.236. The van der Waals surface area contributed by atoms with Crippen LogP contribution >= 0.6 is 11.6 Å². The van der Waals surface area contributed by atoms with Gasteiger partial charge in [-0.15, -0.1) is 11.6 Å². The molecule has 0 radical (unpaired) electrons. The van der Waals surface area contributed by atoms with Gasteiger partial charge >= 0.3 is 0 Å². The van der Waals surface area contributed by atoms with Crippen LogP contribution in [0.1, 0.15) is 31.7 Å². The summed E-state index contributed by atoms with van der Waals surface area (Å²) in [5.41, 5.74) is 1.27. The second kappa shape index (κ2) is 3.94. The Morgan fingerprint density at radius 3 is 2.67 bits per heavy atom. The van der Waals surface area contributed by atoms with Gasteiger partial charge in [-0.2, -0.15) is 5.10 Å². The van der Waals surface area contributed by atoms with Crippen LogP contribution in [0.15, 0.2) is 12.4 Å². The molecule has 0 bridgehead atoms. The van der Waals surface area contributed by atoms with E-state index >= 15 is 0 Å². The maximum absolute atomic E-state index is 5.90. The number of alkyl halides is 1.